The van der Waals surface area contributed by atoms with Gasteiger partial charge < -0.3 is 16.2 Å². The first-order valence-electron chi connectivity index (χ1n) is 6.80. The second-order valence-electron chi connectivity index (χ2n) is 5.63. The van der Waals surface area contributed by atoms with E-state index in [0.29, 0.717) is 6.54 Å². The van der Waals surface area contributed by atoms with Gasteiger partial charge in [0.05, 0.1) is 6.10 Å². The number of nitrogens with two attached hydrogens (primary N) is 2. The average molecular weight is 248 g/mol. The first-order chi connectivity index (χ1) is 8.57. The molecule has 0 spiro atoms. The van der Waals surface area contributed by atoms with E-state index >= 15 is 0 Å². The van der Waals surface area contributed by atoms with Gasteiger partial charge in [-0.1, -0.05) is 18.6 Å². The zero-order valence-electron chi connectivity index (χ0n) is 11.4. The molecule has 0 heterocycles. The highest BCUT2D eigenvalue weighted by molar-refractivity contribution is 5.30. The Morgan fingerprint density at radius 1 is 1.22 bits per heavy atom. The molecule has 1 aliphatic rings. The van der Waals surface area contributed by atoms with Gasteiger partial charge in [-0.25, -0.2) is 0 Å². The van der Waals surface area contributed by atoms with Crippen molar-refractivity contribution in [1.29, 1.82) is 0 Å². The maximum Gasteiger partial charge on any atom is 0.119 e. The van der Waals surface area contributed by atoms with Crippen LogP contribution in [0.4, 0.5) is 0 Å². The molecule has 0 bridgehead atoms. The third-order valence-corrected chi connectivity index (χ3v) is 4.03. The van der Waals surface area contributed by atoms with E-state index < -0.39 is 0 Å². The molecule has 3 heteroatoms. The Morgan fingerprint density at radius 2 is 1.83 bits per heavy atom. The molecule has 2 rings (SSSR count). The topological polar surface area (TPSA) is 61.3 Å². The molecule has 3 nitrogen and oxygen atoms in total. The third kappa shape index (κ3) is 2.52. The van der Waals surface area contributed by atoms with Crippen LogP contribution in [0.2, 0.25) is 0 Å². The summed E-state index contributed by atoms with van der Waals surface area (Å²) in [4.78, 5) is 0. The predicted molar refractivity (Wildman–Crippen MR) is 74.5 cm³/mol. The van der Waals surface area contributed by atoms with Crippen LogP contribution < -0.4 is 16.2 Å². The van der Waals surface area contributed by atoms with Crippen LogP contribution in [0.25, 0.3) is 0 Å². The molecular weight excluding hydrogens is 224 g/mol. The van der Waals surface area contributed by atoms with Gasteiger partial charge in [-0.15, -0.1) is 0 Å². The molecule has 1 aliphatic carbocycles. The van der Waals surface area contributed by atoms with E-state index in [2.05, 4.69) is 12.1 Å². The van der Waals surface area contributed by atoms with E-state index in [9.17, 15) is 0 Å². The highest BCUT2D eigenvalue weighted by atomic mass is 16.5. The first kappa shape index (κ1) is 13.4. The number of hydrogen-bond acceptors (Lipinski definition) is 3. The Labute approximate surface area is 110 Å². The number of benzene rings is 1. The van der Waals surface area contributed by atoms with Crippen molar-refractivity contribution < 1.29 is 4.74 Å². The summed E-state index contributed by atoms with van der Waals surface area (Å²) in [6, 6.07) is 8.18. The van der Waals surface area contributed by atoms with Gasteiger partial charge in [0.2, 0.25) is 0 Å². The number of hydrogen-bond donors (Lipinski definition) is 2. The maximum absolute atomic E-state index is 6.38. The molecule has 0 saturated heterocycles. The second-order valence-corrected chi connectivity index (χ2v) is 5.63. The van der Waals surface area contributed by atoms with Crippen molar-refractivity contribution >= 4 is 0 Å². The molecule has 0 amide bonds. The molecule has 1 fully saturated rings. The van der Waals surface area contributed by atoms with E-state index in [1.54, 1.807) is 0 Å². The SMILES string of the molecule is CC(C)Oc1ccc(C(N)C2(CN)CCC2)cc1. The summed E-state index contributed by atoms with van der Waals surface area (Å²) in [6.45, 7) is 4.73. The van der Waals surface area contributed by atoms with Crippen LogP contribution in [-0.2, 0) is 0 Å². The van der Waals surface area contributed by atoms with Gasteiger partial charge >= 0.3 is 0 Å². The van der Waals surface area contributed by atoms with Gasteiger partial charge in [-0.3, -0.25) is 0 Å². The molecule has 1 saturated carbocycles. The van der Waals surface area contributed by atoms with Crippen molar-refractivity contribution in [3.05, 3.63) is 29.8 Å². The van der Waals surface area contributed by atoms with Gasteiger partial charge in [-0.2, -0.15) is 0 Å². The summed E-state index contributed by atoms with van der Waals surface area (Å²) in [6.07, 6.45) is 3.75. The van der Waals surface area contributed by atoms with Gasteiger partial charge in [0, 0.05) is 11.5 Å². The third-order valence-electron chi connectivity index (χ3n) is 4.03. The Kier molecular flexibility index (Phi) is 3.93. The summed E-state index contributed by atoms with van der Waals surface area (Å²) in [5, 5.41) is 0. The quantitative estimate of drug-likeness (QED) is 0.842. The standard InChI is InChI=1S/C15H24N2O/c1-11(2)18-13-6-4-12(5-7-13)14(17)15(10-16)8-3-9-15/h4-7,11,14H,3,8-10,16-17H2,1-2H3. The van der Waals surface area contributed by atoms with Crippen LogP contribution in [0.3, 0.4) is 0 Å². The lowest BCUT2D eigenvalue weighted by molar-refractivity contribution is 0.104. The van der Waals surface area contributed by atoms with Crippen LogP contribution in [0.1, 0.15) is 44.7 Å². The molecule has 0 aliphatic heterocycles. The molecule has 1 aromatic rings. The molecule has 0 aromatic heterocycles. The Bertz CT molecular complexity index is 376. The molecule has 1 unspecified atom stereocenters. The smallest absolute Gasteiger partial charge is 0.119 e. The fourth-order valence-electron chi connectivity index (χ4n) is 2.65. The Morgan fingerprint density at radius 3 is 2.22 bits per heavy atom. The summed E-state index contributed by atoms with van der Waals surface area (Å²) in [5.41, 5.74) is 13.6. The summed E-state index contributed by atoms with van der Waals surface area (Å²) in [7, 11) is 0. The maximum atomic E-state index is 6.38. The minimum absolute atomic E-state index is 0.0457. The summed E-state index contributed by atoms with van der Waals surface area (Å²) >= 11 is 0. The van der Waals surface area contributed by atoms with Gasteiger partial charge in [-0.05, 0) is 50.9 Å². The average Bonchev–Trinajstić information content (AvgIpc) is 2.28. The highest BCUT2D eigenvalue weighted by Gasteiger charge is 2.41. The number of ether oxygens (including phenoxy) is 1. The van der Waals surface area contributed by atoms with E-state index in [4.69, 9.17) is 16.2 Å². The normalized spacial score (nSPS) is 19.4. The van der Waals surface area contributed by atoms with E-state index in [1.807, 2.05) is 26.0 Å². The molecule has 1 aromatic carbocycles. The van der Waals surface area contributed by atoms with Crippen molar-refractivity contribution in [2.75, 3.05) is 6.54 Å². The molecule has 4 N–H and O–H groups in total. The fraction of sp³-hybridized carbons (Fsp3) is 0.600. The zero-order valence-corrected chi connectivity index (χ0v) is 11.4. The van der Waals surface area contributed by atoms with Crippen LogP contribution in [0.15, 0.2) is 24.3 Å². The zero-order chi connectivity index (χ0) is 13.2. The van der Waals surface area contributed by atoms with Crippen LogP contribution in [0.5, 0.6) is 5.75 Å². The van der Waals surface area contributed by atoms with Gasteiger partial charge in [0.15, 0.2) is 0 Å². The lowest BCUT2D eigenvalue weighted by Gasteiger charge is -2.45. The lowest BCUT2D eigenvalue weighted by Crippen LogP contribution is -2.46. The minimum atomic E-state index is 0.0457. The molecule has 18 heavy (non-hydrogen) atoms. The van der Waals surface area contributed by atoms with Gasteiger partial charge in [0.1, 0.15) is 5.75 Å². The van der Waals surface area contributed by atoms with Crippen LogP contribution >= 0.6 is 0 Å². The molecule has 0 radical (unpaired) electrons. The van der Waals surface area contributed by atoms with Crippen molar-refractivity contribution in [3.8, 4) is 5.75 Å². The van der Waals surface area contributed by atoms with E-state index in [0.717, 1.165) is 24.2 Å². The van der Waals surface area contributed by atoms with Crippen molar-refractivity contribution in [2.45, 2.75) is 45.3 Å². The summed E-state index contributed by atoms with van der Waals surface area (Å²) < 4.78 is 5.64. The largest absolute Gasteiger partial charge is 0.491 e. The van der Waals surface area contributed by atoms with Crippen molar-refractivity contribution in [3.63, 3.8) is 0 Å². The molecular formula is C15H24N2O. The van der Waals surface area contributed by atoms with Gasteiger partial charge in [0.25, 0.3) is 0 Å². The number of rotatable bonds is 5. The first-order valence-corrected chi connectivity index (χ1v) is 6.80. The van der Waals surface area contributed by atoms with Crippen LogP contribution in [0, 0.1) is 5.41 Å². The Balaban J connectivity index is 2.09. The molecule has 100 valence electrons. The van der Waals surface area contributed by atoms with E-state index in [1.165, 1.54) is 6.42 Å². The minimum Gasteiger partial charge on any atom is -0.491 e. The monoisotopic (exact) mass is 248 g/mol. The van der Waals surface area contributed by atoms with Crippen molar-refractivity contribution in [2.24, 2.45) is 16.9 Å². The summed E-state index contributed by atoms with van der Waals surface area (Å²) in [5.74, 6) is 0.899. The Hall–Kier alpha value is -1.06. The lowest BCUT2D eigenvalue weighted by atomic mass is 9.63. The highest BCUT2D eigenvalue weighted by Crippen LogP contribution is 2.48. The molecule has 1 atom stereocenters. The second kappa shape index (κ2) is 5.29. The van der Waals surface area contributed by atoms with Crippen LogP contribution in [-0.4, -0.2) is 12.6 Å². The predicted octanol–water partition coefficient (Wildman–Crippen LogP) is 2.60. The van der Waals surface area contributed by atoms with Crippen molar-refractivity contribution in [1.82, 2.24) is 0 Å². The van der Waals surface area contributed by atoms with E-state index in [-0.39, 0.29) is 17.6 Å². The fourth-order valence-corrected chi connectivity index (χ4v) is 2.65.